The Hall–Kier alpha value is -4.51. The van der Waals surface area contributed by atoms with Gasteiger partial charge in [-0.25, -0.2) is 14.4 Å². The van der Waals surface area contributed by atoms with Crippen molar-refractivity contribution in [2.75, 3.05) is 50.1 Å². The van der Waals surface area contributed by atoms with Crippen LogP contribution in [0.15, 0.2) is 53.6 Å². The lowest BCUT2D eigenvalue weighted by Crippen LogP contribution is -2.52. The molecule has 4 aromatic rings. The zero-order valence-corrected chi connectivity index (χ0v) is 24.1. The highest BCUT2D eigenvalue weighted by Crippen LogP contribution is 2.39. The lowest BCUT2D eigenvalue weighted by molar-refractivity contribution is 0.0720. The number of hydrogen-bond donors (Lipinski definition) is 3. The monoisotopic (exact) mass is 583 g/mol. The zero-order chi connectivity index (χ0) is 29.6. The Morgan fingerprint density at radius 1 is 1.09 bits per heavy atom. The largest absolute Gasteiger partial charge is 0.496 e. The van der Waals surface area contributed by atoms with Crippen molar-refractivity contribution >= 4 is 34.0 Å². The van der Waals surface area contributed by atoms with Gasteiger partial charge in [0, 0.05) is 50.0 Å². The molecule has 2 saturated heterocycles. The van der Waals surface area contributed by atoms with Crippen molar-refractivity contribution in [1.82, 2.24) is 25.2 Å². The molecule has 3 aliphatic rings. The molecular formula is C32H34FN7O3. The minimum absolute atomic E-state index is 0.160. The second-order valence-corrected chi connectivity index (χ2v) is 11.7. The molecule has 1 saturated carbocycles. The van der Waals surface area contributed by atoms with E-state index in [0.29, 0.717) is 41.2 Å². The fourth-order valence-corrected chi connectivity index (χ4v) is 6.23. The fourth-order valence-electron chi connectivity index (χ4n) is 6.23. The molecule has 3 N–H and O–H groups in total. The third-order valence-electron chi connectivity index (χ3n) is 8.77. The molecule has 10 nitrogen and oxygen atoms in total. The molecule has 1 aromatic carbocycles. The summed E-state index contributed by atoms with van der Waals surface area (Å²) in [6, 6.07) is 9.93. The van der Waals surface area contributed by atoms with Gasteiger partial charge in [0.15, 0.2) is 0 Å². The molecule has 3 fully saturated rings. The number of halogens is 1. The molecule has 1 aliphatic carbocycles. The second-order valence-electron chi connectivity index (χ2n) is 11.7. The number of hydrogen-bond acceptors (Lipinski definition) is 8. The zero-order valence-electron chi connectivity index (χ0n) is 24.1. The number of H-pyrrole nitrogens is 1. The molecule has 222 valence electrons. The van der Waals surface area contributed by atoms with E-state index in [2.05, 4.69) is 30.5 Å². The van der Waals surface area contributed by atoms with Crippen molar-refractivity contribution in [3.8, 4) is 17.0 Å². The Morgan fingerprint density at radius 3 is 2.67 bits per heavy atom. The number of methoxy groups -OCH3 is 1. The Morgan fingerprint density at radius 2 is 1.93 bits per heavy atom. The molecule has 0 atom stereocenters. The Labute approximate surface area is 248 Å². The van der Waals surface area contributed by atoms with Crippen LogP contribution >= 0.6 is 0 Å². The number of nitrogens with zero attached hydrogens (tertiary/aromatic N) is 4. The summed E-state index contributed by atoms with van der Waals surface area (Å²) >= 11 is 0. The van der Waals surface area contributed by atoms with Crippen molar-refractivity contribution in [3.05, 3.63) is 70.5 Å². The Bertz CT molecular complexity index is 1750. The summed E-state index contributed by atoms with van der Waals surface area (Å²) in [6.07, 6.45) is 8.68. The van der Waals surface area contributed by atoms with Crippen LogP contribution in [0.1, 0.15) is 42.5 Å². The van der Waals surface area contributed by atoms with Gasteiger partial charge in [-0.15, -0.1) is 0 Å². The lowest BCUT2D eigenvalue weighted by atomic mass is 10.0. The number of anilines is 3. The molecule has 1 amide bonds. The van der Waals surface area contributed by atoms with Crippen LogP contribution in [0.4, 0.5) is 21.6 Å². The Balaban J connectivity index is 1.22. The number of piperazine rings is 1. The number of fused-ring (bicyclic) bond motifs is 1. The van der Waals surface area contributed by atoms with Crippen molar-refractivity contribution in [1.29, 1.82) is 0 Å². The summed E-state index contributed by atoms with van der Waals surface area (Å²) in [4.78, 5) is 42.2. The van der Waals surface area contributed by atoms with E-state index in [1.807, 2.05) is 18.3 Å². The van der Waals surface area contributed by atoms with E-state index in [4.69, 9.17) is 4.74 Å². The van der Waals surface area contributed by atoms with Crippen LogP contribution in [0.25, 0.3) is 22.2 Å². The first-order chi connectivity index (χ1) is 20.9. The van der Waals surface area contributed by atoms with Crippen LogP contribution in [-0.4, -0.2) is 71.1 Å². The SMILES string of the molecule is COc1cc(-c2cc(Nc3ccc(N4CCNC5(CC5)C4)cn3)c3c(=O)[nH]ccc3n2)c(F)cc1C(=O)N1CCCCC1. The van der Waals surface area contributed by atoms with Gasteiger partial charge in [0.25, 0.3) is 11.5 Å². The number of carbonyl (C=O) groups excluding carboxylic acids is 1. The number of nitrogens with one attached hydrogen (secondary N) is 3. The molecule has 5 heterocycles. The lowest BCUT2D eigenvalue weighted by Gasteiger charge is -2.35. The number of aromatic nitrogens is 3. The Kier molecular flexibility index (Phi) is 6.97. The molecule has 7 rings (SSSR count). The summed E-state index contributed by atoms with van der Waals surface area (Å²) in [5, 5.41) is 7.22. The van der Waals surface area contributed by atoms with Gasteiger partial charge >= 0.3 is 0 Å². The minimum Gasteiger partial charge on any atom is -0.496 e. The molecular weight excluding hydrogens is 549 g/mol. The fraction of sp³-hybridized carbons (Fsp3) is 0.375. The summed E-state index contributed by atoms with van der Waals surface area (Å²) in [6.45, 7) is 4.12. The third kappa shape index (κ3) is 5.29. The number of piperidine rings is 1. The number of carbonyl (C=O) groups is 1. The van der Waals surface area contributed by atoms with Crippen LogP contribution in [0.2, 0.25) is 0 Å². The number of pyridine rings is 3. The van der Waals surface area contributed by atoms with Crippen LogP contribution in [-0.2, 0) is 0 Å². The van der Waals surface area contributed by atoms with Crippen LogP contribution in [0, 0.1) is 5.82 Å². The van der Waals surface area contributed by atoms with Gasteiger partial charge in [0.2, 0.25) is 0 Å². The smallest absolute Gasteiger partial charge is 0.259 e. The summed E-state index contributed by atoms with van der Waals surface area (Å²) < 4.78 is 21.3. The van der Waals surface area contributed by atoms with Crippen molar-refractivity contribution in [2.24, 2.45) is 0 Å². The van der Waals surface area contributed by atoms with E-state index in [9.17, 15) is 9.59 Å². The van der Waals surface area contributed by atoms with E-state index in [1.54, 1.807) is 17.0 Å². The van der Waals surface area contributed by atoms with E-state index < -0.39 is 5.82 Å². The molecule has 1 spiro atoms. The van der Waals surface area contributed by atoms with E-state index in [1.165, 1.54) is 38.3 Å². The standard InChI is InChI=1S/C32H34FN7O3/c1-43-27-16-21(23(33)15-22(27)31(42)39-12-3-2-4-13-39)25-17-26(29-24(37-25)7-10-34-30(29)41)38-28-6-5-20(18-35-28)40-14-11-36-32(19-40)8-9-32/h5-7,10,15-18,36H,2-4,8-9,11-14,19H2,1H3,(H,34,41)(H,35,37,38). The average Bonchev–Trinajstić information content (AvgIpc) is 3.78. The average molecular weight is 584 g/mol. The quantitative estimate of drug-likeness (QED) is 0.305. The number of amides is 1. The molecule has 0 unspecified atom stereocenters. The van der Waals surface area contributed by atoms with Gasteiger partial charge in [-0.05, 0) is 68.5 Å². The van der Waals surface area contributed by atoms with Crippen LogP contribution < -0.4 is 25.8 Å². The number of rotatable bonds is 6. The maximum Gasteiger partial charge on any atom is 0.259 e. The second kappa shape index (κ2) is 11.0. The number of benzene rings is 1. The predicted molar refractivity (Wildman–Crippen MR) is 164 cm³/mol. The maximum atomic E-state index is 15.7. The van der Waals surface area contributed by atoms with Crippen molar-refractivity contribution in [2.45, 2.75) is 37.6 Å². The molecule has 2 aliphatic heterocycles. The van der Waals surface area contributed by atoms with Gasteiger partial charge in [-0.3, -0.25) is 9.59 Å². The molecule has 11 heteroatoms. The topological polar surface area (TPSA) is 115 Å². The highest BCUT2D eigenvalue weighted by Gasteiger charge is 2.45. The normalized spacial score (nSPS) is 17.7. The highest BCUT2D eigenvalue weighted by atomic mass is 19.1. The first-order valence-electron chi connectivity index (χ1n) is 14.9. The van der Waals surface area contributed by atoms with E-state index in [0.717, 1.165) is 44.6 Å². The van der Waals surface area contributed by atoms with Gasteiger partial charge in [0.1, 0.15) is 17.4 Å². The predicted octanol–water partition coefficient (Wildman–Crippen LogP) is 4.44. The van der Waals surface area contributed by atoms with Gasteiger partial charge < -0.3 is 30.2 Å². The van der Waals surface area contributed by atoms with Crippen LogP contribution in [0.5, 0.6) is 5.75 Å². The first-order valence-corrected chi connectivity index (χ1v) is 14.9. The summed E-state index contributed by atoms with van der Waals surface area (Å²) in [5.74, 6) is -0.0320. The third-order valence-corrected chi connectivity index (χ3v) is 8.77. The molecule has 43 heavy (non-hydrogen) atoms. The summed E-state index contributed by atoms with van der Waals surface area (Å²) in [5.41, 5.74) is 2.43. The highest BCUT2D eigenvalue weighted by molar-refractivity contribution is 5.98. The molecule has 3 aromatic heterocycles. The van der Waals surface area contributed by atoms with E-state index >= 15 is 4.39 Å². The van der Waals surface area contributed by atoms with Gasteiger partial charge in [0.05, 0.1) is 46.8 Å². The van der Waals surface area contributed by atoms with Crippen LogP contribution in [0.3, 0.4) is 0 Å². The van der Waals surface area contributed by atoms with Gasteiger partial charge in [-0.2, -0.15) is 0 Å². The number of likely N-dealkylation sites (tertiary alicyclic amines) is 1. The molecule has 0 radical (unpaired) electrons. The van der Waals surface area contributed by atoms with Crippen molar-refractivity contribution in [3.63, 3.8) is 0 Å². The minimum atomic E-state index is -0.601. The number of ether oxygens (including phenoxy) is 1. The van der Waals surface area contributed by atoms with Crippen molar-refractivity contribution < 1.29 is 13.9 Å². The van der Waals surface area contributed by atoms with Gasteiger partial charge in [-0.1, -0.05) is 0 Å². The number of aromatic amines is 1. The first kappa shape index (κ1) is 27.3. The summed E-state index contributed by atoms with van der Waals surface area (Å²) in [7, 11) is 1.46. The van der Waals surface area contributed by atoms with E-state index in [-0.39, 0.29) is 33.9 Å². The molecule has 0 bridgehead atoms. The maximum absolute atomic E-state index is 15.7.